The van der Waals surface area contributed by atoms with Gasteiger partial charge in [-0.15, -0.1) is 0 Å². The molecular formula is C31H49F3N4O7S2. The highest BCUT2D eigenvalue weighted by molar-refractivity contribution is 7.92. The lowest BCUT2D eigenvalue weighted by Gasteiger charge is -2.19. The molecule has 0 saturated heterocycles. The van der Waals surface area contributed by atoms with Crippen LogP contribution in [0.15, 0.2) is 70.5 Å². The molecule has 0 aliphatic carbocycles. The van der Waals surface area contributed by atoms with E-state index in [1.54, 1.807) is 69.3 Å². The maximum Gasteiger partial charge on any atom is 0.446 e. The van der Waals surface area contributed by atoms with E-state index < -0.39 is 43.8 Å². The van der Waals surface area contributed by atoms with Crippen molar-refractivity contribution in [3.05, 3.63) is 60.7 Å². The van der Waals surface area contributed by atoms with Crippen LogP contribution in [0, 0.1) is 10.8 Å². The number of amides is 1. The van der Waals surface area contributed by atoms with E-state index in [2.05, 4.69) is 5.32 Å². The summed E-state index contributed by atoms with van der Waals surface area (Å²) in [5.41, 5.74) is 5.09. The molecule has 1 amide bonds. The summed E-state index contributed by atoms with van der Waals surface area (Å²) in [5, 5.41) is 17.9. The predicted octanol–water partition coefficient (Wildman–Crippen LogP) is 6.02. The van der Waals surface area contributed by atoms with Gasteiger partial charge in [-0.05, 0) is 77.3 Å². The molecule has 0 saturated carbocycles. The lowest BCUT2D eigenvalue weighted by atomic mass is 10.2. The van der Waals surface area contributed by atoms with E-state index in [0.717, 1.165) is 0 Å². The van der Waals surface area contributed by atoms with E-state index in [4.69, 9.17) is 26.1 Å². The van der Waals surface area contributed by atoms with Crippen molar-refractivity contribution in [2.24, 2.45) is 5.73 Å². The van der Waals surface area contributed by atoms with Crippen LogP contribution in [-0.2, 0) is 29.2 Å². The van der Waals surface area contributed by atoms with Crippen LogP contribution in [0.5, 0.6) is 0 Å². The molecule has 2 aromatic carbocycles. The number of benzene rings is 2. The molecule has 0 heterocycles. The van der Waals surface area contributed by atoms with Gasteiger partial charge in [0.25, 0.3) is 0 Å². The largest absolute Gasteiger partial charge is 0.446 e. The molecule has 5 N–H and O–H groups in total. The minimum absolute atomic E-state index is 0. The van der Waals surface area contributed by atoms with Crippen LogP contribution < -0.4 is 11.1 Å². The summed E-state index contributed by atoms with van der Waals surface area (Å²) in [6, 6.07) is 16.3. The Bertz CT molecular complexity index is 1430. The molecule has 0 radical (unpaired) electrons. The highest BCUT2D eigenvalue weighted by Crippen LogP contribution is 2.13. The number of ether oxygens (including phenoxy) is 1. The molecule has 47 heavy (non-hydrogen) atoms. The number of alkyl carbamates (subject to hydrolysis) is 1. The Morgan fingerprint density at radius 3 is 1.49 bits per heavy atom. The van der Waals surface area contributed by atoms with E-state index in [1.807, 2.05) is 0 Å². The molecule has 11 nitrogen and oxygen atoms in total. The predicted molar refractivity (Wildman–Crippen MR) is 180 cm³/mol. The number of carbonyl (C=O) groups is 2. The fourth-order valence-electron chi connectivity index (χ4n) is 3.15. The van der Waals surface area contributed by atoms with Crippen molar-refractivity contribution < 1.29 is 44.3 Å². The topological polar surface area (TPSA) is 197 Å². The number of alkyl halides is 3. The Balaban J connectivity index is -0.000000702. The molecule has 0 bridgehead atoms. The van der Waals surface area contributed by atoms with Crippen LogP contribution in [-0.4, -0.2) is 77.0 Å². The molecule has 0 aliphatic rings. The van der Waals surface area contributed by atoms with Crippen molar-refractivity contribution in [1.82, 2.24) is 5.32 Å². The SMILES string of the molecule is C.C.CC(C)(C)OC(=O)NCCCC(=N)CS(=O)(=O)c1ccccc1.N=C(CCCN)CS(=O)(=O)c1ccccc1.O=CC(F)(F)F. The average molecular weight is 711 g/mol. The molecule has 16 heteroatoms. The van der Waals surface area contributed by atoms with Gasteiger partial charge in [-0.2, -0.15) is 13.2 Å². The second-order valence-electron chi connectivity index (χ2n) is 10.4. The third-order valence-corrected chi connectivity index (χ3v) is 8.51. The molecular weight excluding hydrogens is 661 g/mol. The van der Waals surface area contributed by atoms with Gasteiger partial charge in [0, 0.05) is 18.0 Å². The number of aldehydes is 1. The summed E-state index contributed by atoms with van der Waals surface area (Å²) >= 11 is 0. The number of carbonyl (C=O) groups excluding carboxylic acids is 2. The van der Waals surface area contributed by atoms with Crippen molar-refractivity contribution in [3.63, 3.8) is 0 Å². The van der Waals surface area contributed by atoms with E-state index >= 15 is 0 Å². The van der Waals surface area contributed by atoms with Crippen LogP contribution in [0.1, 0.15) is 61.3 Å². The summed E-state index contributed by atoms with van der Waals surface area (Å²) in [6.07, 6.45) is -4.32. The second kappa shape index (κ2) is 22.8. The Labute approximate surface area is 277 Å². The maximum atomic E-state index is 12.1. The molecule has 0 fully saturated rings. The molecule has 2 aromatic rings. The molecule has 0 unspecified atom stereocenters. The van der Waals surface area contributed by atoms with Gasteiger partial charge in [-0.3, -0.25) is 4.79 Å². The number of sulfone groups is 2. The highest BCUT2D eigenvalue weighted by Gasteiger charge is 2.25. The monoisotopic (exact) mass is 710 g/mol. The van der Waals surface area contributed by atoms with Gasteiger partial charge in [0.2, 0.25) is 6.29 Å². The average Bonchev–Trinajstić information content (AvgIpc) is 2.94. The molecule has 268 valence electrons. The van der Waals surface area contributed by atoms with E-state index in [-0.39, 0.29) is 47.6 Å². The first-order valence-electron chi connectivity index (χ1n) is 13.6. The number of hydrogen-bond donors (Lipinski definition) is 4. The smallest absolute Gasteiger partial charge is 0.444 e. The van der Waals surface area contributed by atoms with Crippen LogP contribution >= 0.6 is 0 Å². The number of halogens is 3. The first-order chi connectivity index (χ1) is 20.7. The molecule has 2 rings (SSSR count). The molecule has 0 aromatic heterocycles. The van der Waals surface area contributed by atoms with Gasteiger partial charge in [-0.25, -0.2) is 21.6 Å². The van der Waals surface area contributed by atoms with Crippen molar-refractivity contribution in [2.75, 3.05) is 24.6 Å². The Kier molecular flexibility index (Phi) is 23.2. The molecule has 0 spiro atoms. The van der Waals surface area contributed by atoms with Gasteiger partial charge >= 0.3 is 12.3 Å². The Hall–Kier alpha value is -3.63. The van der Waals surface area contributed by atoms with Crippen LogP contribution in [0.25, 0.3) is 0 Å². The van der Waals surface area contributed by atoms with Crippen LogP contribution in [0.2, 0.25) is 0 Å². The number of hydrogen-bond acceptors (Lipinski definition) is 10. The fourth-order valence-corrected chi connectivity index (χ4v) is 5.83. The standard InChI is InChI=1S/C16H24N2O4S.C11H16N2O2S.C2HF3O.2CH4/c1-16(2,3)22-15(19)18-11-7-8-13(17)12-23(20,21)14-9-5-4-6-10-14;12-8-4-5-10(13)9-16(14,15)11-6-2-1-3-7-11;3-2(4,5)1-6;;/h4-6,9-10,17H,7-8,11-12H2,1-3H3,(H,18,19);1-3,6-7,13H,4-5,8-9,12H2;1H;2*1H4. The second-order valence-corrected chi connectivity index (χ2v) is 14.4. The van der Waals surface area contributed by atoms with Crippen LogP contribution in [0.3, 0.4) is 0 Å². The van der Waals surface area contributed by atoms with Crippen molar-refractivity contribution in [1.29, 1.82) is 10.8 Å². The normalized spacial score (nSPS) is 11.0. The van der Waals surface area contributed by atoms with Crippen molar-refractivity contribution >= 4 is 43.5 Å². The van der Waals surface area contributed by atoms with Gasteiger partial charge in [0.1, 0.15) is 5.60 Å². The fraction of sp³-hybridized carbons (Fsp3) is 0.484. The summed E-state index contributed by atoms with van der Waals surface area (Å²) in [5.74, 6) is -0.513. The summed E-state index contributed by atoms with van der Waals surface area (Å²) in [4.78, 5) is 20.6. The van der Waals surface area contributed by atoms with Gasteiger partial charge in [-0.1, -0.05) is 51.3 Å². The number of nitrogens with one attached hydrogen (secondary N) is 3. The summed E-state index contributed by atoms with van der Waals surface area (Å²) < 4.78 is 84.2. The zero-order valence-corrected chi connectivity index (χ0v) is 27.0. The molecule has 0 aliphatic heterocycles. The quantitative estimate of drug-likeness (QED) is 0.110. The minimum atomic E-state index is -4.64. The first-order valence-corrected chi connectivity index (χ1v) is 16.9. The van der Waals surface area contributed by atoms with E-state index in [0.29, 0.717) is 38.8 Å². The molecule has 0 atom stereocenters. The van der Waals surface area contributed by atoms with Gasteiger partial charge < -0.3 is 26.6 Å². The van der Waals surface area contributed by atoms with E-state index in [9.17, 15) is 34.8 Å². The Morgan fingerprint density at radius 2 is 1.17 bits per heavy atom. The third-order valence-electron chi connectivity index (χ3n) is 5.07. The number of nitrogens with two attached hydrogens (primary N) is 1. The van der Waals surface area contributed by atoms with Gasteiger partial charge in [0.05, 0.1) is 21.3 Å². The summed E-state index contributed by atoms with van der Waals surface area (Å²) in [6.45, 7) is 6.14. The van der Waals surface area contributed by atoms with Crippen LogP contribution in [0.4, 0.5) is 18.0 Å². The zero-order valence-electron chi connectivity index (χ0n) is 25.4. The Morgan fingerprint density at radius 1 is 0.809 bits per heavy atom. The summed E-state index contributed by atoms with van der Waals surface area (Å²) in [7, 11) is -6.83. The third kappa shape index (κ3) is 24.2. The first kappa shape index (κ1) is 47.8. The highest BCUT2D eigenvalue weighted by atomic mass is 32.2. The minimum Gasteiger partial charge on any atom is -0.444 e. The van der Waals surface area contributed by atoms with Crippen molar-refractivity contribution in [2.45, 2.75) is 82.9 Å². The van der Waals surface area contributed by atoms with Crippen molar-refractivity contribution in [3.8, 4) is 0 Å². The van der Waals surface area contributed by atoms with E-state index in [1.165, 1.54) is 12.1 Å². The zero-order chi connectivity index (χ0) is 34.7. The lowest BCUT2D eigenvalue weighted by Crippen LogP contribution is -2.33. The maximum absolute atomic E-state index is 12.1. The van der Waals surface area contributed by atoms with Gasteiger partial charge in [0.15, 0.2) is 19.7 Å². The lowest BCUT2D eigenvalue weighted by molar-refractivity contribution is -0.156. The number of rotatable bonds is 13.